The average molecular weight is 410 g/mol. The number of aliphatic hydroxyl groups excluding tert-OH is 1. The summed E-state index contributed by atoms with van der Waals surface area (Å²) in [7, 11) is 0. The standard InChI is InChI=1S/C24H24F2N2O2/c1-16-3-6-22-20(11-16)19(7-9-27-22)23(30)28-10-2-8-24(14-28,15-29)13-17-4-5-18(25)12-21(17)26/h3-7,9,11-12,29H,2,8,10,13-15H2,1H3. The molecule has 2 aromatic carbocycles. The minimum Gasteiger partial charge on any atom is -0.396 e. The van der Waals surface area contributed by atoms with Crippen molar-refractivity contribution in [3.8, 4) is 0 Å². The second-order valence-corrected chi connectivity index (χ2v) is 8.28. The van der Waals surface area contributed by atoms with Gasteiger partial charge in [0.1, 0.15) is 11.6 Å². The van der Waals surface area contributed by atoms with Crippen LogP contribution in [0.3, 0.4) is 0 Å². The van der Waals surface area contributed by atoms with Crippen LogP contribution in [0.25, 0.3) is 10.9 Å². The van der Waals surface area contributed by atoms with Crippen LogP contribution < -0.4 is 0 Å². The second-order valence-electron chi connectivity index (χ2n) is 8.28. The highest BCUT2D eigenvalue weighted by Gasteiger charge is 2.38. The summed E-state index contributed by atoms with van der Waals surface area (Å²) in [5, 5.41) is 11.0. The molecule has 6 heteroatoms. The van der Waals surface area contributed by atoms with Gasteiger partial charge in [0, 0.05) is 36.2 Å². The van der Waals surface area contributed by atoms with Gasteiger partial charge in [-0.25, -0.2) is 8.78 Å². The maximum absolute atomic E-state index is 14.2. The molecule has 1 saturated heterocycles. The molecule has 4 rings (SSSR count). The van der Waals surface area contributed by atoms with E-state index in [4.69, 9.17) is 0 Å². The predicted octanol–water partition coefficient (Wildman–Crippen LogP) is 4.28. The zero-order valence-electron chi connectivity index (χ0n) is 16.9. The first-order valence-electron chi connectivity index (χ1n) is 10.1. The number of amides is 1. The fourth-order valence-corrected chi connectivity index (χ4v) is 4.40. The average Bonchev–Trinajstić information content (AvgIpc) is 2.75. The third-order valence-electron chi connectivity index (χ3n) is 5.99. The van der Waals surface area contributed by atoms with Crippen LogP contribution in [0.4, 0.5) is 8.78 Å². The van der Waals surface area contributed by atoms with Gasteiger partial charge in [0.15, 0.2) is 0 Å². The molecule has 0 saturated carbocycles. The minimum absolute atomic E-state index is 0.120. The molecule has 156 valence electrons. The summed E-state index contributed by atoms with van der Waals surface area (Å²) in [6, 6.07) is 11.0. The highest BCUT2D eigenvalue weighted by molar-refractivity contribution is 6.06. The van der Waals surface area contributed by atoms with Gasteiger partial charge in [-0.3, -0.25) is 9.78 Å². The van der Waals surface area contributed by atoms with Gasteiger partial charge >= 0.3 is 0 Å². The van der Waals surface area contributed by atoms with Gasteiger partial charge in [-0.1, -0.05) is 17.7 Å². The third kappa shape index (κ3) is 3.92. The van der Waals surface area contributed by atoms with Crippen LogP contribution in [-0.2, 0) is 6.42 Å². The summed E-state index contributed by atoms with van der Waals surface area (Å²) in [6.07, 6.45) is 3.25. The van der Waals surface area contributed by atoms with Crippen molar-refractivity contribution in [3.63, 3.8) is 0 Å². The number of aromatic nitrogens is 1. The highest BCUT2D eigenvalue weighted by atomic mass is 19.1. The molecule has 30 heavy (non-hydrogen) atoms. The Kier molecular flexibility index (Phi) is 5.52. The number of rotatable bonds is 4. The van der Waals surface area contributed by atoms with E-state index < -0.39 is 17.0 Å². The molecule has 0 bridgehead atoms. The van der Waals surface area contributed by atoms with Crippen LogP contribution >= 0.6 is 0 Å². The summed E-state index contributed by atoms with van der Waals surface area (Å²) in [4.78, 5) is 19.5. The maximum Gasteiger partial charge on any atom is 0.254 e. The quantitative estimate of drug-likeness (QED) is 0.699. The molecule has 1 unspecified atom stereocenters. The molecule has 1 N–H and O–H groups in total. The first-order chi connectivity index (χ1) is 14.4. The van der Waals surface area contributed by atoms with E-state index in [9.17, 15) is 18.7 Å². The van der Waals surface area contributed by atoms with Crippen LogP contribution in [0, 0.1) is 24.0 Å². The smallest absolute Gasteiger partial charge is 0.254 e. The number of aliphatic hydroxyl groups is 1. The van der Waals surface area contributed by atoms with E-state index in [1.54, 1.807) is 17.2 Å². The number of piperidine rings is 1. The van der Waals surface area contributed by atoms with Crippen LogP contribution in [0.2, 0.25) is 0 Å². The molecule has 1 aliphatic rings. The molecule has 0 aliphatic carbocycles. The molecule has 2 heterocycles. The normalized spacial score (nSPS) is 19.3. The number of aryl methyl sites for hydroxylation is 1. The lowest BCUT2D eigenvalue weighted by molar-refractivity contribution is 0.0269. The van der Waals surface area contributed by atoms with E-state index in [0.29, 0.717) is 37.1 Å². The topological polar surface area (TPSA) is 53.4 Å². The van der Waals surface area contributed by atoms with E-state index in [1.807, 2.05) is 25.1 Å². The number of likely N-dealkylation sites (tertiary alicyclic amines) is 1. The number of benzene rings is 2. The SMILES string of the molecule is Cc1ccc2nccc(C(=O)N3CCCC(CO)(Cc4ccc(F)cc4F)C3)c2c1. The van der Waals surface area contributed by atoms with Gasteiger partial charge in [-0.05, 0) is 56.0 Å². The Bertz CT molecular complexity index is 1100. The summed E-state index contributed by atoms with van der Waals surface area (Å²) in [6.45, 7) is 2.68. The largest absolute Gasteiger partial charge is 0.396 e. The van der Waals surface area contributed by atoms with Gasteiger partial charge < -0.3 is 10.0 Å². The van der Waals surface area contributed by atoms with Crippen molar-refractivity contribution >= 4 is 16.8 Å². The van der Waals surface area contributed by atoms with Crippen LogP contribution in [-0.4, -0.2) is 40.6 Å². The van der Waals surface area contributed by atoms with Crippen molar-refractivity contribution in [1.29, 1.82) is 0 Å². The molecule has 0 spiro atoms. The molecule has 1 atom stereocenters. The van der Waals surface area contributed by atoms with Crippen molar-refractivity contribution < 1.29 is 18.7 Å². The number of carbonyl (C=O) groups is 1. The molecule has 4 nitrogen and oxygen atoms in total. The van der Waals surface area contributed by atoms with Gasteiger partial charge in [0.05, 0.1) is 17.7 Å². The Morgan fingerprint density at radius 3 is 2.80 bits per heavy atom. The fraction of sp³-hybridized carbons (Fsp3) is 0.333. The lowest BCUT2D eigenvalue weighted by Crippen LogP contribution is -2.49. The Morgan fingerprint density at radius 2 is 2.03 bits per heavy atom. The fourth-order valence-electron chi connectivity index (χ4n) is 4.40. The van der Waals surface area contributed by atoms with Crippen LogP contribution in [0.5, 0.6) is 0 Å². The molecule has 1 aromatic heterocycles. The molecule has 1 fully saturated rings. The monoisotopic (exact) mass is 410 g/mol. The number of hydrogen-bond acceptors (Lipinski definition) is 3. The van der Waals surface area contributed by atoms with Crippen molar-refractivity contribution in [3.05, 3.63) is 77.0 Å². The third-order valence-corrected chi connectivity index (χ3v) is 5.99. The number of hydrogen-bond donors (Lipinski definition) is 1. The van der Waals surface area contributed by atoms with E-state index >= 15 is 0 Å². The van der Waals surface area contributed by atoms with Gasteiger partial charge in [-0.2, -0.15) is 0 Å². The van der Waals surface area contributed by atoms with Crippen molar-refractivity contribution in [2.45, 2.75) is 26.2 Å². The van der Waals surface area contributed by atoms with Crippen molar-refractivity contribution in [1.82, 2.24) is 9.88 Å². The maximum atomic E-state index is 14.2. The Hall–Kier alpha value is -2.86. The number of carbonyl (C=O) groups excluding carboxylic acids is 1. The second kappa shape index (κ2) is 8.11. The van der Waals surface area contributed by atoms with E-state index in [1.165, 1.54) is 12.1 Å². The molecule has 3 aromatic rings. The Labute approximate surface area is 174 Å². The lowest BCUT2D eigenvalue weighted by Gasteiger charge is -2.42. The van der Waals surface area contributed by atoms with Gasteiger partial charge in [0.25, 0.3) is 5.91 Å². The highest BCUT2D eigenvalue weighted by Crippen LogP contribution is 2.35. The lowest BCUT2D eigenvalue weighted by atomic mass is 9.75. The number of halogens is 2. The van der Waals surface area contributed by atoms with Crippen molar-refractivity contribution in [2.75, 3.05) is 19.7 Å². The zero-order valence-corrected chi connectivity index (χ0v) is 16.9. The number of pyridine rings is 1. The van der Waals surface area contributed by atoms with E-state index in [2.05, 4.69) is 4.98 Å². The molecular weight excluding hydrogens is 386 g/mol. The Morgan fingerprint density at radius 1 is 1.20 bits per heavy atom. The Balaban J connectivity index is 1.63. The van der Waals surface area contributed by atoms with Gasteiger partial charge in [-0.15, -0.1) is 0 Å². The van der Waals surface area contributed by atoms with Crippen LogP contribution in [0.1, 0.15) is 34.3 Å². The predicted molar refractivity (Wildman–Crippen MR) is 111 cm³/mol. The first-order valence-corrected chi connectivity index (χ1v) is 10.1. The summed E-state index contributed by atoms with van der Waals surface area (Å²) in [5.41, 5.74) is 2.06. The number of nitrogens with zero attached hydrogens (tertiary/aromatic N) is 2. The molecular formula is C24H24F2N2O2. The summed E-state index contributed by atoms with van der Waals surface area (Å²) >= 11 is 0. The van der Waals surface area contributed by atoms with Crippen LogP contribution in [0.15, 0.2) is 48.7 Å². The summed E-state index contributed by atoms with van der Waals surface area (Å²) in [5.74, 6) is -1.37. The first kappa shape index (κ1) is 20.4. The molecule has 0 radical (unpaired) electrons. The number of fused-ring (bicyclic) bond motifs is 1. The van der Waals surface area contributed by atoms with E-state index in [-0.39, 0.29) is 18.9 Å². The van der Waals surface area contributed by atoms with E-state index in [0.717, 1.165) is 22.5 Å². The molecule has 1 amide bonds. The van der Waals surface area contributed by atoms with Crippen molar-refractivity contribution in [2.24, 2.45) is 5.41 Å². The minimum atomic E-state index is -0.661. The van der Waals surface area contributed by atoms with Gasteiger partial charge in [0.2, 0.25) is 0 Å². The zero-order chi connectivity index (χ0) is 21.3. The summed E-state index contributed by atoms with van der Waals surface area (Å²) < 4.78 is 27.5. The molecule has 1 aliphatic heterocycles.